The molecule has 0 N–H and O–H groups in total. The van der Waals surface area contributed by atoms with E-state index in [0.717, 1.165) is 36.1 Å². The molecule has 1 unspecified atom stereocenters. The van der Waals surface area contributed by atoms with Crippen LogP contribution in [-0.2, 0) is 23.6 Å². The van der Waals surface area contributed by atoms with E-state index in [2.05, 4.69) is 103 Å². The van der Waals surface area contributed by atoms with E-state index >= 15 is 0 Å². The van der Waals surface area contributed by atoms with Crippen molar-refractivity contribution in [2.24, 2.45) is 0 Å². The summed E-state index contributed by atoms with van der Waals surface area (Å²) in [7, 11) is -0.901. The summed E-state index contributed by atoms with van der Waals surface area (Å²) < 4.78 is 19.8. The molecule has 0 aliphatic carbocycles. The van der Waals surface area contributed by atoms with Gasteiger partial charge in [0, 0.05) is 0 Å². The molecule has 6 heteroatoms. The van der Waals surface area contributed by atoms with Crippen LogP contribution in [0.25, 0.3) is 0 Å². The third-order valence-electron chi connectivity index (χ3n) is 10.0. The molecular weight excluding hydrogens is 673 g/mol. The van der Waals surface area contributed by atoms with Gasteiger partial charge in [0.05, 0.1) is 0 Å². The topological polar surface area (TPSA) is 27.7 Å². The van der Waals surface area contributed by atoms with Crippen molar-refractivity contribution in [3.63, 3.8) is 0 Å². The van der Waals surface area contributed by atoms with E-state index in [0.29, 0.717) is 0 Å². The fourth-order valence-corrected chi connectivity index (χ4v) is 9.42. The molecule has 3 aromatic carbocycles. The molecule has 0 aliphatic rings. The fourth-order valence-electron chi connectivity index (χ4n) is 6.75. The predicted octanol–water partition coefficient (Wildman–Crippen LogP) is 14.0. The monoisotopic (exact) mass is 746 g/mol. The van der Waals surface area contributed by atoms with Gasteiger partial charge < -0.3 is 0 Å². The second-order valence-electron chi connectivity index (χ2n) is 14.5. The minimum absolute atomic E-state index is 0. The molecule has 3 aromatic rings. The van der Waals surface area contributed by atoms with E-state index in [1.54, 1.807) is 0 Å². The first-order valence-electron chi connectivity index (χ1n) is 20.7. The number of benzene rings is 3. The minimum atomic E-state index is -3.37. The van der Waals surface area contributed by atoms with Gasteiger partial charge in [0.2, 0.25) is 0 Å². The summed E-state index contributed by atoms with van der Waals surface area (Å²) in [6.45, 7) is 6.84. The maximum atomic E-state index is 6.79. The first kappa shape index (κ1) is 46.2. The van der Waals surface area contributed by atoms with Crippen molar-refractivity contribution in [3.05, 3.63) is 89.5 Å². The van der Waals surface area contributed by atoms with E-state index in [9.17, 15) is 0 Å². The second-order valence-corrected chi connectivity index (χ2v) is 17.5. The van der Waals surface area contributed by atoms with Gasteiger partial charge in [0.25, 0.3) is 0 Å². The van der Waals surface area contributed by atoms with Crippen LogP contribution >= 0.6 is 17.4 Å². The number of unbranched alkanes of at least 4 members (excludes halogenated alkanes) is 18. The Kier molecular flexibility index (Phi) is 26.7. The van der Waals surface area contributed by atoms with Gasteiger partial charge in [0.1, 0.15) is 0 Å². The van der Waals surface area contributed by atoms with Crippen LogP contribution in [0.5, 0.6) is 11.5 Å². The van der Waals surface area contributed by atoms with Crippen LogP contribution < -0.4 is 14.4 Å². The number of aryl methyl sites for hydroxylation is 3. The molecule has 0 aliphatic heterocycles. The molecular formula is C45H73NaO3P2. The zero-order valence-corrected chi connectivity index (χ0v) is 34.4. The van der Waals surface area contributed by atoms with Gasteiger partial charge in [0.15, 0.2) is 0 Å². The molecule has 0 spiro atoms. The van der Waals surface area contributed by atoms with Gasteiger partial charge >= 0.3 is 308 Å². The summed E-state index contributed by atoms with van der Waals surface area (Å²) in [5.74, 6) is 1.57. The van der Waals surface area contributed by atoms with Crippen molar-refractivity contribution < 1.29 is 13.4 Å². The summed E-state index contributed by atoms with van der Waals surface area (Å²) in [5.41, 5.74) is 4.08. The van der Waals surface area contributed by atoms with Crippen molar-refractivity contribution >= 4 is 52.3 Å². The Morgan fingerprint density at radius 1 is 0.392 bits per heavy atom. The van der Waals surface area contributed by atoms with Crippen LogP contribution in [-0.4, -0.2) is 29.6 Å². The van der Waals surface area contributed by atoms with E-state index in [1.165, 1.54) is 152 Å². The van der Waals surface area contributed by atoms with Gasteiger partial charge in [-0.05, 0) is 0 Å². The molecule has 282 valence electrons. The first-order valence-corrected chi connectivity index (χ1v) is 22.8. The van der Waals surface area contributed by atoms with E-state index in [-0.39, 0.29) is 29.6 Å². The fraction of sp³-hybridized carbons (Fsp3) is 0.600. The second kappa shape index (κ2) is 29.4. The third kappa shape index (κ3) is 19.3. The Morgan fingerprint density at radius 3 is 0.961 bits per heavy atom. The SMILES string of the molecule is CCCCCCCCCc1ccc(O[PH](OP)(Oc2ccc(CCCCCCCCC)cc2)c2ccc(CCCCCCCCC)cc2)cc1.[NaH]. The van der Waals surface area contributed by atoms with Crippen LogP contribution in [0.3, 0.4) is 0 Å². The molecule has 51 heavy (non-hydrogen) atoms. The summed E-state index contributed by atoms with van der Waals surface area (Å²) >= 11 is 0. The Hall–Kier alpha value is -0.920. The normalized spacial score (nSPS) is 11.7. The predicted molar refractivity (Wildman–Crippen MR) is 232 cm³/mol. The molecule has 0 radical (unpaired) electrons. The Balaban J connectivity index is 0.00000901. The molecule has 0 saturated heterocycles. The molecule has 3 rings (SSSR count). The van der Waals surface area contributed by atoms with Crippen molar-refractivity contribution in [2.45, 2.75) is 175 Å². The van der Waals surface area contributed by atoms with Crippen LogP contribution in [0.2, 0.25) is 0 Å². The number of rotatable bonds is 30. The average Bonchev–Trinajstić information content (AvgIpc) is 3.15. The van der Waals surface area contributed by atoms with Crippen LogP contribution in [0.1, 0.15) is 172 Å². The molecule has 1 atom stereocenters. The van der Waals surface area contributed by atoms with Gasteiger partial charge in [-0.3, -0.25) is 0 Å². The van der Waals surface area contributed by atoms with Crippen molar-refractivity contribution in [3.8, 4) is 11.5 Å². The molecule has 0 saturated carbocycles. The number of hydrogen-bond acceptors (Lipinski definition) is 3. The van der Waals surface area contributed by atoms with Crippen LogP contribution in [0, 0.1) is 0 Å². The quantitative estimate of drug-likeness (QED) is 0.0386. The molecule has 0 heterocycles. The summed E-state index contributed by atoms with van der Waals surface area (Å²) in [6.07, 6.45) is 31.2. The van der Waals surface area contributed by atoms with Gasteiger partial charge in [-0.15, -0.1) is 0 Å². The maximum absolute atomic E-state index is 6.79. The van der Waals surface area contributed by atoms with Crippen molar-refractivity contribution in [2.75, 3.05) is 0 Å². The Bertz CT molecular complexity index is 1170. The van der Waals surface area contributed by atoms with Crippen LogP contribution in [0.4, 0.5) is 0 Å². The first-order chi connectivity index (χ1) is 24.6. The molecule has 0 amide bonds. The zero-order chi connectivity index (χ0) is 35.5. The Labute approximate surface area is 339 Å². The average molecular weight is 747 g/mol. The Morgan fingerprint density at radius 2 is 0.667 bits per heavy atom. The standard InChI is InChI=1S/C45H72O3P2.Na.H/c1-4-7-10-13-16-19-22-25-40-28-34-43(35-29-40)46-50(48-49,45-38-32-42(33-39-45)27-24-21-18-15-12-9-6-3)47-44-36-30-41(31-37-44)26-23-20-17-14-11-8-5-2;;/h28-39,50H,4-27,49H2,1-3H3;;. The van der Waals surface area contributed by atoms with E-state index in [1.807, 2.05) is 0 Å². The summed E-state index contributed by atoms with van der Waals surface area (Å²) in [5, 5.41) is 0.968. The third-order valence-corrected chi connectivity index (χ3v) is 13.3. The van der Waals surface area contributed by atoms with Gasteiger partial charge in [-0.25, -0.2) is 0 Å². The zero-order valence-electron chi connectivity index (χ0n) is 32.2. The van der Waals surface area contributed by atoms with E-state index in [4.69, 9.17) is 13.4 Å². The molecule has 0 fully saturated rings. The van der Waals surface area contributed by atoms with Gasteiger partial charge in [-0.1, -0.05) is 33.6 Å². The molecule has 0 aromatic heterocycles. The molecule has 0 bridgehead atoms. The number of hydrogen-bond donors (Lipinski definition) is 0. The summed E-state index contributed by atoms with van der Waals surface area (Å²) in [4.78, 5) is 0. The molecule has 3 nitrogen and oxygen atoms in total. The van der Waals surface area contributed by atoms with Crippen molar-refractivity contribution in [1.29, 1.82) is 0 Å². The van der Waals surface area contributed by atoms with Crippen LogP contribution in [0.15, 0.2) is 72.8 Å². The van der Waals surface area contributed by atoms with E-state index < -0.39 is 7.94 Å². The summed E-state index contributed by atoms with van der Waals surface area (Å²) in [6, 6.07) is 26.0. The van der Waals surface area contributed by atoms with Gasteiger partial charge in [-0.2, -0.15) is 0 Å². The van der Waals surface area contributed by atoms with Crippen molar-refractivity contribution in [1.82, 2.24) is 0 Å².